The molecule has 114 valence electrons. The zero-order valence-corrected chi connectivity index (χ0v) is 12.3. The van der Waals surface area contributed by atoms with E-state index in [1.807, 2.05) is 0 Å². The molecule has 0 spiro atoms. The SMILES string of the molecule is C=CC(=O)N(CO)CCCCCCCCCC.NN. The Hall–Kier alpha value is -0.910. The monoisotopic (exact) mass is 273 g/mol. The van der Waals surface area contributed by atoms with Crippen LogP contribution in [0.3, 0.4) is 0 Å². The Morgan fingerprint density at radius 1 is 1.11 bits per heavy atom. The van der Waals surface area contributed by atoms with Crippen LogP contribution in [0.15, 0.2) is 12.7 Å². The Labute approximate surface area is 117 Å². The zero-order chi connectivity index (χ0) is 14.9. The molecule has 0 atom stereocenters. The Bertz CT molecular complexity index is 211. The second-order valence-electron chi connectivity index (χ2n) is 4.42. The van der Waals surface area contributed by atoms with Gasteiger partial charge in [-0.1, -0.05) is 58.4 Å². The van der Waals surface area contributed by atoms with E-state index in [2.05, 4.69) is 25.2 Å². The summed E-state index contributed by atoms with van der Waals surface area (Å²) in [6.07, 6.45) is 11.2. The molecule has 0 aliphatic rings. The van der Waals surface area contributed by atoms with Crippen LogP contribution in [-0.4, -0.2) is 29.2 Å². The van der Waals surface area contributed by atoms with Gasteiger partial charge in [0.1, 0.15) is 6.73 Å². The molecule has 0 unspecified atom stereocenters. The number of rotatable bonds is 11. The maximum absolute atomic E-state index is 11.2. The first-order valence-electron chi connectivity index (χ1n) is 7.11. The summed E-state index contributed by atoms with van der Waals surface area (Å²) in [7, 11) is 0. The maximum Gasteiger partial charge on any atom is 0.247 e. The van der Waals surface area contributed by atoms with Crippen LogP contribution in [-0.2, 0) is 4.79 Å². The van der Waals surface area contributed by atoms with Crippen LogP contribution in [0.25, 0.3) is 0 Å². The molecule has 0 aromatic heterocycles. The molecule has 0 aromatic rings. The molecule has 0 fully saturated rings. The quantitative estimate of drug-likeness (QED) is 0.176. The van der Waals surface area contributed by atoms with Gasteiger partial charge in [-0.05, 0) is 12.5 Å². The molecule has 0 saturated heterocycles. The predicted molar refractivity (Wildman–Crippen MR) is 80.0 cm³/mol. The lowest BCUT2D eigenvalue weighted by molar-refractivity contribution is -0.129. The molecular formula is C14H31N3O2. The number of carbonyl (C=O) groups excluding carboxylic acids is 1. The zero-order valence-electron chi connectivity index (χ0n) is 12.3. The molecule has 5 nitrogen and oxygen atoms in total. The predicted octanol–water partition coefficient (Wildman–Crippen LogP) is 1.91. The molecule has 5 N–H and O–H groups in total. The number of unbranched alkanes of at least 4 members (excludes halogenated alkanes) is 7. The summed E-state index contributed by atoms with van der Waals surface area (Å²) in [5.41, 5.74) is 0. The number of amides is 1. The summed E-state index contributed by atoms with van der Waals surface area (Å²) in [6, 6.07) is 0. The summed E-state index contributed by atoms with van der Waals surface area (Å²) in [5.74, 6) is 7.82. The van der Waals surface area contributed by atoms with Gasteiger partial charge in [0.05, 0.1) is 0 Å². The summed E-state index contributed by atoms with van der Waals surface area (Å²) in [4.78, 5) is 12.6. The van der Waals surface area contributed by atoms with E-state index in [0.29, 0.717) is 6.54 Å². The van der Waals surface area contributed by atoms with Crippen LogP contribution in [0.4, 0.5) is 0 Å². The van der Waals surface area contributed by atoms with E-state index in [-0.39, 0.29) is 12.6 Å². The molecule has 0 aliphatic heterocycles. The topological polar surface area (TPSA) is 92.6 Å². The minimum atomic E-state index is -0.207. The van der Waals surface area contributed by atoms with Gasteiger partial charge < -0.3 is 10.0 Å². The van der Waals surface area contributed by atoms with Crippen molar-refractivity contribution in [2.75, 3.05) is 13.3 Å². The van der Waals surface area contributed by atoms with Crippen LogP contribution < -0.4 is 11.7 Å². The number of carbonyl (C=O) groups is 1. The number of aliphatic hydroxyl groups excluding tert-OH is 1. The first kappa shape index (κ1) is 20.4. The van der Waals surface area contributed by atoms with E-state index in [9.17, 15) is 4.79 Å². The van der Waals surface area contributed by atoms with Gasteiger partial charge in [-0.25, -0.2) is 0 Å². The Balaban J connectivity index is 0. The Kier molecular flexibility index (Phi) is 18.4. The smallest absolute Gasteiger partial charge is 0.247 e. The van der Waals surface area contributed by atoms with Crippen molar-refractivity contribution >= 4 is 5.91 Å². The van der Waals surface area contributed by atoms with Crippen molar-refractivity contribution in [3.05, 3.63) is 12.7 Å². The van der Waals surface area contributed by atoms with Gasteiger partial charge in [0.25, 0.3) is 0 Å². The molecule has 1 amide bonds. The average Bonchev–Trinajstić information content (AvgIpc) is 2.47. The standard InChI is InChI=1S/C14H27NO2.H4N2/c1-3-5-6-7-8-9-10-11-12-15(13-16)14(17)4-2;1-2/h4,16H,2-3,5-13H2,1H3;1-2H2. The molecule has 0 aliphatic carbocycles. The van der Waals surface area contributed by atoms with Gasteiger partial charge in [0, 0.05) is 6.54 Å². The molecule has 0 aromatic carbocycles. The second-order valence-corrected chi connectivity index (χ2v) is 4.42. The van der Waals surface area contributed by atoms with Crippen molar-refractivity contribution in [2.24, 2.45) is 11.7 Å². The van der Waals surface area contributed by atoms with Crippen molar-refractivity contribution in [1.29, 1.82) is 0 Å². The van der Waals surface area contributed by atoms with Crippen molar-refractivity contribution in [2.45, 2.75) is 58.3 Å². The van der Waals surface area contributed by atoms with Crippen LogP contribution in [0.5, 0.6) is 0 Å². The molecular weight excluding hydrogens is 242 g/mol. The summed E-state index contributed by atoms with van der Waals surface area (Å²) < 4.78 is 0. The van der Waals surface area contributed by atoms with Gasteiger partial charge in [-0.3, -0.25) is 16.5 Å². The van der Waals surface area contributed by atoms with Gasteiger partial charge in [-0.2, -0.15) is 0 Å². The van der Waals surface area contributed by atoms with Gasteiger partial charge in [0.2, 0.25) is 5.91 Å². The summed E-state index contributed by atoms with van der Waals surface area (Å²) in [5, 5.41) is 8.98. The lowest BCUT2D eigenvalue weighted by Crippen LogP contribution is -2.31. The molecule has 0 rings (SSSR count). The molecule has 0 radical (unpaired) electrons. The number of nitrogens with zero attached hydrogens (tertiary/aromatic N) is 1. The first-order chi connectivity index (χ1) is 9.26. The van der Waals surface area contributed by atoms with Crippen molar-refractivity contribution < 1.29 is 9.90 Å². The van der Waals surface area contributed by atoms with Crippen LogP contribution in [0.2, 0.25) is 0 Å². The Morgan fingerprint density at radius 2 is 1.58 bits per heavy atom. The van der Waals surface area contributed by atoms with Crippen LogP contribution in [0.1, 0.15) is 58.3 Å². The lowest BCUT2D eigenvalue weighted by atomic mass is 10.1. The first-order valence-corrected chi connectivity index (χ1v) is 7.11. The normalized spacial score (nSPS) is 9.47. The van der Waals surface area contributed by atoms with E-state index in [1.165, 1.54) is 49.5 Å². The van der Waals surface area contributed by atoms with E-state index < -0.39 is 0 Å². The van der Waals surface area contributed by atoms with E-state index in [4.69, 9.17) is 5.11 Å². The number of aliphatic hydroxyl groups is 1. The number of hydrazine groups is 1. The third-order valence-corrected chi connectivity index (χ3v) is 2.94. The highest BCUT2D eigenvalue weighted by Gasteiger charge is 2.06. The highest BCUT2D eigenvalue weighted by molar-refractivity contribution is 5.86. The molecule has 0 bridgehead atoms. The number of nitrogens with two attached hydrogens (primary N) is 2. The van der Waals surface area contributed by atoms with Crippen LogP contribution >= 0.6 is 0 Å². The largest absolute Gasteiger partial charge is 0.376 e. The number of hydrogen-bond donors (Lipinski definition) is 3. The average molecular weight is 273 g/mol. The fourth-order valence-corrected chi connectivity index (χ4v) is 1.82. The third kappa shape index (κ3) is 13.3. The van der Waals surface area contributed by atoms with Gasteiger partial charge in [0.15, 0.2) is 0 Å². The van der Waals surface area contributed by atoms with E-state index >= 15 is 0 Å². The second kappa shape index (κ2) is 17.1. The fourth-order valence-electron chi connectivity index (χ4n) is 1.82. The van der Waals surface area contributed by atoms with Crippen molar-refractivity contribution in [3.63, 3.8) is 0 Å². The summed E-state index contributed by atoms with van der Waals surface area (Å²) in [6.45, 7) is 6.06. The van der Waals surface area contributed by atoms with Crippen LogP contribution in [0, 0.1) is 0 Å². The van der Waals surface area contributed by atoms with E-state index in [0.717, 1.165) is 12.8 Å². The van der Waals surface area contributed by atoms with Gasteiger partial charge >= 0.3 is 0 Å². The molecule has 5 heteroatoms. The Morgan fingerprint density at radius 3 is 2.00 bits per heavy atom. The minimum absolute atomic E-state index is 0.185. The van der Waals surface area contributed by atoms with Crippen molar-refractivity contribution in [1.82, 2.24) is 4.90 Å². The molecule has 19 heavy (non-hydrogen) atoms. The highest BCUT2D eigenvalue weighted by atomic mass is 16.3. The van der Waals surface area contributed by atoms with Crippen molar-refractivity contribution in [3.8, 4) is 0 Å². The minimum Gasteiger partial charge on any atom is -0.376 e. The molecule has 0 saturated carbocycles. The van der Waals surface area contributed by atoms with E-state index in [1.54, 1.807) is 0 Å². The molecule has 0 heterocycles. The maximum atomic E-state index is 11.2. The highest BCUT2D eigenvalue weighted by Crippen LogP contribution is 2.08. The fraction of sp³-hybridized carbons (Fsp3) is 0.786. The van der Waals surface area contributed by atoms with Gasteiger partial charge in [-0.15, -0.1) is 0 Å². The summed E-state index contributed by atoms with van der Waals surface area (Å²) >= 11 is 0. The number of hydrogen-bond acceptors (Lipinski definition) is 4. The third-order valence-electron chi connectivity index (χ3n) is 2.94. The lowest BCUT2D eigenvalue weighted by Gasteiger charge is -2.17.